The molecule has 0 heterocycles. The Morgan fingerprint density at radius 1 is 0.962 bits per heavy atom. The summed E-state index contributed by atoms with van der Waals surface area (Å²) in [5.74, 6) is -0.214. The molecule has 0 aliphatic rings. The molecular weight excluding hydrogens is 390 g/mol. The Bertz CT molecular complexity index is 946. The molecular formula is C21H18BrN3O. The van der Waals surface area contributed by atoms with Gasteiger partial charge in [-0.15, -0.1) is 0 Å². The first-order chi connectivity index (χ1) is 12.7. The molecule has 0 bridgehead atoms. The number of rotatable bonds is 6. The van der Waals surface area contributed by atoms with Crippen molar-refractivity contribution in [3.63, 3.8) is 0 Å². The largest absolute Gasteiger partial charge is 0.376 e. The van der Waals surface area contributed by atoms with Crippen molar-refractivity contribution in [2.24, 2.45) is 5.10 Å². The average molecular weight is 408 g/mol. The topological polar surface area (TPSA) is 53.5 Å². The molecule has 5 heteroatoms. The fourth-order valence-electron chi connectivity index (χ4n) is 2.51. The molecule has 0 aliphatic heterocycles. The van der Waals surface area contributed by atoms with Crippen molar-refractivity contribution in [2.45, 2.75) is 0 Å². The lowest BCUT2D eigenvalue weighted by Gasteiger charge is -2.08. The lowest BCUT2D eigenvalue weighted by atomic mass is 10.1. The van der Waals surface area contributed by atoms with E-state index in [4.69, 9.17) is 0 Å². The molecule has 0 spiro atoms. The zero-order valence-electron chi connectivity index (χ0n) is 14.0. The zero-order chi connectivity index (χ0) is 18.2. The number of allylic oxidation sites excluding steroid dienone is 1. The minimum atomic E-state index is -0.214. The van der Waals surface area contributed by atoms with Gasteiger partial charge in [-0.25, -0.2) is 5.43 Å². The van der Waals surface area contributed by atoms with Gasteiger partial charge in [0.1, 0.15) is 0 Å². The Balaban J connectivity index is 1.53. The Hall–Kier alpha value is -2.92. The van der Waals surface area contributed by atoms with Gasteiger partial charge in [-0.3, -0.25) is 4.79 Å². The Morgan fingerprint density at radius 3 is 2.54 bits per heavy atom. The number of hydrazone groups is 1. The predicted octanol–water partition coefficient (Wildman–Crippen LogP) is 4.79. The van der Waals surface area contributed by atoms with Crippen LogP contribution in [0.4, 0.5) is 5.69 Å². The van der Waals surface area contributed by atoms with Gasteiger partial charge in [0.15, 0.2) is 0 Å². The molecule has 0 unspecified atom stereocenters. The Kier molecular flexibility index (Phi) is 6.17. The highest BCUT2D eigenvalue weighted by Crippen LogP contribution is 2.22. The number of nitrogens with zero attached hydrogens (tertiary/aromatic N) is 1. The second kappa shape index (κ2) is 8.97. The van der Waals surface area contributed by atoms with E-state index in [9.17, 15) is 4.79 Å². The summed E-state index contributed by atoms with van der Waals surface area (Å²) in [4.78, 5) is 12.0. The molecule has 0 aromatic heterocycles. The summed E-state index contributed by atoms with van der Waals surface area (Å²) in [7, 11) is 0. The third kappa shape index (κ3) is 5.04. The highest BCUT2D eigenvalue weighted by molar-refractivity contribution is 9.12. The summed E-state index contributed by atoms with van der Waals surface area (Å²) >= 11 is 3.41. The SMILES string of the molecule is O=C(CNc1cccc2ccccc12)N/N=C\C(Br)=C\c1ccccc1. The molecule has 0 fully saturated rings. The van der Waals surface area contributed by atoms with Crippen LogP contribution < -0.4 is 10.7 Å². The van der Waals surface area contributed by atoms with Gasteiger partial charge in [0.05, 0.1) is 12.8 Å². The van der Waals surface area contributed by atoms with Crippen LogP contribution in [0.5, 0.6) is 0 Å². The molecule has 0 saturated heterocycles. The summed E-state index contributed by atoms with van der Waals surface area (Å²) in [5, 5.41) is 9.33. The van der Waals surface area contributed by atoms with E-state index in [1.807, 2.05) is 78.9 Å². The number of carbonyl (C=O) groups excluding carboxylic acids is 1. The molecule has 26 heavy (non-hydrogen) atoms. The zero-order valence-corrected chi connectivity index (χ0v) is 15.6. The van der Waals surface area contributed by atoms with Crippen molar-refractivity contribution in [1.29, 1.82) is 0 Å². The van der Waals surface area contributed by atoms with Gasteiger partial charge in [0.25, 0.3) is 5.91 Å². The van der Waals surface area contributed by atoms with Gasteiger partial charge in [-0.1, -0.05) is 66.7 Å². The summed E-state index contributed by atoms with van der Waals surface area (Å²) in [5.41, 5.74) is 4.49. The molecule has 3 aromatic rings. The van der Waals surface area contributed by atoms with Crippen molar-refractivity contribution in [3.8, 4) is 0 Å². The number of amides is 1. The van der Waals surface area contributed by atoms with Crippen LogP contribution in [0.2, 0.25) is 0 Å². The smallest absolute Gasteiger partial charge is 0.259 e. The van der Waals surface area contributed by atoms with Gasteiger partial charge in [-0.05, 0) is 39.0 Å². The van der Waals surface area contributed by atoms with Crippen LogP contribution in [0, 0.1) is 0 Å². The molecule has 0 atom stereocenters. The fraction of sp³-hybridized carbons (Fsp3) is 0.0476. The standard InChI is InChI=1S/C21H18BrN3O/c22-18(13-16-7-2-1-3-8-16)14-24-25-21(26)15-23-20-12-6-10-17-9-4-5-11-19(17)20/h1-14,23H,15H2,(H,25,26)/b18-13-,24-14-. The number of nitrogens with one attached hydrogen (secondary N) is 2. The molecule has 2 N–H and O–H groups in total. The third-order valence-electron chi connectivity index (χ3n) is 3.71. The highest BCUT2D eigenvalue weighted by atomic mass is 79.9. The Labute approximate surface area is 160 Å². The number of halogens is 1. The van der Waals surface area contributed by atoms with Crippen LogP contribution in [-0.4, -0.2) is 18.7 Å². The van der Waals surface area contributed by atoms with E-state index in [0.717, 1.165) is 26.5 Å². The monoisotopic (exact) mass is 407 g/mol. The van der Waals surface area contributed by atoms with E-state index in [2.05, 4.69) is 31.8 Å². The maximum Gasteiger partial charge on any atom is 0.259 e. The van der Waals surface area contributed by atoms with Gasteiger partial charge in [0.2, 0.25) is 0 Å². The number of fused-ring (bicyclic) bond motifs is 1. The van der Waals surface area contributed by atoms with E-state index in [1.165, 1.54) is 0 Å². The second-order valence-electron chi connectivity index (χ2n) is 5.61. The number of hydrogen-bond acceptors (Lipinski definition) is 3. The molecule has 3 aromatic carbocycles. The summed E-state index contributed by atoms with van der Waals surface area (Å²) in [6.07, 6.45) is 3.48. The van der Waals surface area contributed by atoms with Gasteiger partial charge in [-0.2, -0.15) is 5.10 Å². The molecule has 0 radical (unpaired) electrons. The second-order valence-corrected chi connectivity index (χ2v) is 6.53. The summed E-state index contributed by atoms with van der Waals surface area (Å²) in [6.45, 7) is 0.144. The van der Waals surface area contributed by atoms with Gasteiger partial charge >= 0.3 is 0 Å². The quantitative estimate of drug-likeness (QED) is 0.455. The van der Waals surface area contributed by atoms with Gasteiger partial charge < -0.3 is 5.32 Å². The van der Waals surface area contributed by atoms with E-state index < -0.39 is 0 Å². The van der Waals surface area contributed by atoms with Crippen molar-refractivity contribution >= 4 is 50.6 Å². The first-order valence-electron chi connectivity index (χ1n) is 8.18. The van der Waals surface area contributed by atoms with E-state index in [0.29, 0.717) is 0 Å². The number of benzene rings is 3. The number of carbonyl (C=O) groups is 1. The van der Waals surface area contributed by atoms with E-state index in [-0.39, 0.29) is 12.5 Å². The van der Waals surface area contributed by atoms with E-state index >= 15 is 0 Å². The molecule has 3 rings (SSSR count). The third-order valence-corrected chi connectivity index (χ3v) is 4.14. The van der Waals surface area contributed by atoms with Gasteiger partial charge in [0, 0.05) is 15.6 Å². The highest BCUT2D eigenvalue weighted by Gasteiger charge is 2.03. The molecule has 0 saturated carbocycles. The molecule has 4 nitrogen and oxygen atoms in total. The first kappa shape index (κ1) is 17.9. The number of hydrogen-bond donors (Lipinski definition) is 2. The van der Waals surface area contributed by atoms with Crippen LogP contribution >= 0.6 is 15.9 Å². The first-order valence-corrected chi connectivity index (χ1v) is 8.97. The van der Waals surface area contributed by atoms with Crippen LogP contribution in [0.3, 0.4) is 0 Å². The average Bonchev–Trinajstić information content (AvgIpc) is 2.67. The van der Waals surface area contributed by atoms with Crippen LogP contribution in [-0.2, 0) is 4.79 Å². The minimum Gasteiger partial charge on any atom is -0.376 e. The minimum absolute atomic E-state index is 0.144. The molecule has 1 amide bonds. The van der Waals surface area contributed by atoms with E-state index in [1.54, 1.807) is 6.21 Å². The lowest BCUT2D eigenvalue weighted by Crippen LogP contribution is -2.25. The molecule has 0 aliphatic carbocycles. The number of anilines is 1. The van der Waals surface area contributed by atoms with Crippen LogP contribution in [0.15, 0.2) is 82.4 Å². The molecule has 130 valence electrons. The van der Waals surface area contributed by atoms with Crippen molar-refractivity contribution in [3.05, 3.63) is 82.8 Å². The van der Waals surface area contributed by atoms with Crippen molar-refractivity contribution in [1.82, 2.24) is 5.43 Å². The van der Waals surface area contributed by atoms with Crippen LogP contribution in [0.1, 0.15) is 5.56 Å². The van der Waals surface area contributed by atoms with Crippen molar-refractivity contribution in [2.75, 3.05) is 11.9 Å². The Morgan fingerprint density at radius 2 is 1.69 bits per heavy atom. The maximum atomic E-state index is 12.0. The normalized spacial score (nSPS) is 11.7. The van der Waals surface area contributed by atoms with Crippen molar-refractivity contribution < 1.29 is 4.79 Å². The summed E-state index contributed by atoms with van der Waals surface area (Å²) in [6, 6.07) is 23.9. The lowest BCUT2D eigenvalue weighted by molar-refractivity contribution is -0.119. The predicted molar refractivity (Wildman–Crippen MR) is 112 cm³/mol. The van der Waals surface area contributed by atoms with Crippen LogP contribution in [0.25, 0.3) is 16.8 Å². The maximum absolute atomic E-state index is 12.0. The fourth-order valence-corrected chi connectivity index (χ4v) is 2.87. The summed E-state index contributed by atoms with van der Waals surface area (Å²) < 4.78 is 0.769.